The first kappa shape index (κ1) is 32.3. The molecule has 0 aliphatic heterocycles. The molecular weight excluding hydrogens is 542 g/mol. The van der Waals surface area contributed by atoms with Crippen molar-refractivity contribution in [1.82, 2.24) is 0 Å². The van der Waals surface area contributed by atoms with Gasteiger partial charge in [-0.05, 0) is 40.7 Å². The van der Waals surface area contributed by atoms with E-state index in [2.05, 4.69) is 15.5 Å². The third-order valence-electron chi connectivity index (χ3n) is 5.20. The van der Waals surface area contributed by atoms with E-state index in [-0.39, 0.29) is 69.8 Å². The third kappa shape index (κ3) is 9.68. The standard InChI is InChI=1S/C26H35N5O8S/c1-15(2)38-11-10-30(9-8-25(34)39-16(3)4)21-12-19(27-18(6)33)20(13-23(21)37-7)28-29-26-22(31(35)36)14-24(40-26)17(5)32/h12-16H,8-11H2,1-7H3,(H,27,33). The Morgan fingerprint density at radius 1 is 1.07 bits per heavy atom. The Kier molecular flexibility index (Phi) is 12.1. The smallest absolute Gasteiger partial charge is 0.308 e. The van der Waals surface area contributed by atoms with E-state index in [1.807, 2.05) is 18.7 Å². The quantitative estimate of drug-likeness (QED) is 0.0904. The Labute approximate surface area is 236 Å². The summed E-state index contributed by atoms with van der Waals surface area (Å²) in [5.41, 5.74) is 0.627. The van der Waals surface area contributed by atoms with E-state index in [0.717, 1.165) is 17.4 Å². The normalized spacial score (nSPS) is 11.2. The fourth-order valence-corrected chi connectivity index (χ4v) is 4.33. The largest absolute Gasteiger partial charge is 0.494 e. The summed E-state index contributed by atoms with van der Waals surface area (Å²) in [5.74, 6) is -0.726. The van der Waals surface area contributed by atoms with E-state index in [9.17, 15) is 24.5 Å². The molecule has 1 heterocycles. The molecule has 0 aliphatic carbocycles. The molecule has 2 aromatic rings. The first-order valence-electron chi connectivity index (χ1n) is 12.6. The minimum absolute atomic E-state index is 0.00259. The SMILES string of the molecule is COc1cc(N=Nc2sc(C(C)=O)cc2[N+](=O)[O-])c(NC(C)=O)cc1N(CCOC(C)C)CCC(=O)OC(C)C. The molecule has 0 fully saturated rings. The van der Waals surface area contributed by atoms with Gasteiger partial charge in [0.2, 0.25) is 10.9 Å². The number of esters is 1. The molecule has 1 amide bonds. The van der Waals surface area contributed by atoms with Crippen molar-refractivity contribution < 1.29 is 33.5 Å². The van der Waals surface area contributed by atoms with E-state index >= 15 is 0 Å². The Morgan fingerprint density at radius 3 is 2.33 bits per heavy atom. The van der Waals surface area contributed by atoms with Gasteiger partial charge in [-0.1, -0.05) is 0 Å². The van der Waals surface area contributed by atoms with Crippen molar-refractivity contribution in [2.45, 2.75) is 60.2 Å². The van der Waals surface area contributed by atoms with Crippen molar-refractivity contribution in [3.05, 3.63) is 33.2 Å². The number of rotatable bonds is 15. The maximum absolute atomic E-state index is 12.3. The van der Waals surface area contributed by atoms with Crippen LogP contribution in [0.3, 0.4) is 0 Å². The molecule has 2 rings (SSSR count). The van der Waals surface area contributed by atoms with Gasteiger partial charge in [-0.25, -0.2) is 0 Å². The minimum Gasteiger partial charge on any atom is -0.494 e. The number of amides is 1. The summed E-state index contributed by atoms with van der Waals surface area (Å²) in [6.45, 7) is 11.0. The second-order valence-corrected chi connectivity index (χ2v) is 10.3. The lowest BCUT2D eigenvalue weighted by Gasteiger charge is -2.27. The number of Topliss-reactive ketones (excluding diaryl/α,β-unsaturated/α-hetero) is 1. The van der Waals surface area contributed by atoms with Gasteiger partial charge < -0.3 is 24.4 Å². The van der Waals surface area contributed by atoms with Gasteiger partial charge in [-0.3, -0.25) is 24.5 Å². The molecule has 0 spiro atoms. The number of nitrogens with zero attached hydrogens (tertiary/aromatic N) is 4. The number of carbonyl (C=O) groups excluding carboxylic acids is 3. The maximum Gasteiger partial charge on any atom is 0.308 e. The molecule has 218 valence electrons. The van der Waals surface area contributed by atoms with E-state index in [4.69, 9.17) is 14.2 Å². The summed E-state index contributed by atoms with van der Waals surface area (Å²) in [6, 6.07) is 4.31. The molecule has 0 bridgehead atoms. The highest BCUT2D eigenvalue weighted by Gasteiger charge is 2.22. The zero-order valence-corrected chi connectivity index (χ0v) is 24.5. The van der Waals surface area contributed by atoms with Crippen molar-refractivity contribution in [2.24, 2.45) is 10.2 Å². The van der Waals surface area contributed by atoms with E-state index < -0.39 is 4.92 Å². The van der Waals surface area contributed by atoms with Crippen LogP contribution in [0.2, 0.25) is 0 Å². The lowest BCUT2D eigenvalue weighted by molar-refractivity contribution is -0.383. The summed E-state index contributed by atoms with van der Waals surface area (Å²) >= 11 is 0.841. The molecule has 0 saturated carbocycles. The number of hydrogen-bond acceptors (Lipinski definition) is 12. The molecule has 40 heavy (non-hydrogen) atoms. The van der Waals surface area contributed by atoms with Crippen LogP contribution < -0.4 is 15.0 Å². The van der Waals surface area contributed by atoms with Crippen molar-refractivity contribution in [3.63, 3.8) is 0 Å². The van der Waals surface area contributed by atoms with Crippen LogP contribution in [-0.2, 0) is 19.1 Å². The number of azo groups is 1. The summed E-state index contributed by atoms with van der Waals surface area (Å²) in [6.07, 6.45) is -0.154. The van der Waals surface area contributed by atoms with Crippen LogP contribution >= 0.6 is 11.3 Å². The van der Waals surface area contributed by atoms with Crippen LogP contribution in [0.25, 0.3) is 0 Å². The Balaban J connectivity index is 2.54. The second-order valence-electron chi connectivity index (χ2n) is 9.23. The zero-order valence-electron chi connectivity index (χ0n) is 23.7. The minimum atomic E-state index is -0.642. The molecule has 1 N–H and O–H groups in total. The fraction of sp³-hybridized carbons (Fsp3) is 0.500. The maximum atomic E-state index is 12.3. The highest BCUT2D eigenvalue weighted by molar-refractivity contribution is 7.18. The fourth-order valence-electron chi connectivity index (χ4n) is 3.49. The number of thiophene rings is 1. The topological polar surface area (TPSA) is 162 Å². The van der Waals surface area contributed by atoms with Crippen LogP contribution in [0.1, 0.15) is 57.6 Å². The first-order valence-corrected chi connectivity index (χ1v) is 13.4. The van der Waals surface area contributed by atoms with Crippen LogP contribution in [0, 0.1) is 10.1 Å². The van der Waals surface area contributed by atoms with E-state index in [1.165, 1.54) is 27.0 Å². The van der Waals surface area contributed by atoms with Gasteiger partial charge in [0.1, 0.15) is 11.4 Å². The molecule has 0 saturated heterocycles. The van der Waals surface area contributed by atoms with Gasteiger partial charge in [-0.15, -0.1) is 21.6 Å². The Morgan fingerprint density at radius 2 is 1.77 bits per heavy atom. The second kappa shape index (κ2) is 15.0. The lowest BCUT2D eigenvalue weighted by atomic mass is 10.2. The summed E-state index contributed by atoms with van der Waals surface area (Å²) < 4.78 is 16.6. The number of nitrogens with one attached hydrogen (secondary N) is 1. The molecule has 0 atom stereocenters. The molecule has 0 aliphatic rings. The van der Waals surface area contributed by atoms with Crippen molar-refractivity contribution >= 4 is 56.7 Å². The number of carbonyl (C=O) groups is 3. The number of ether oxygens (including phenoxy) is 3. The number of anilines is 2. The molecule has 0 radical (unpaired) electrons. The number of methoxy groups -OCH3 is 1. The summed E-state index contributed by atoms with van der Waals surface area (Å²) in [7, 11) is 1.46. The van der Waals surface area contributed by atoms with E-state index in [1.54, 1.807) is 19.9 Å². The number of benzene rings is 1. The van der Waals surface area contributed by atoms with Crippen molar-refractivity contribution in [1.29, 1.82) is 0 Å². The highest BCUT2D eigenvalue weighted by Crippen LogP contribution is 2.42. The number of ketones is 1. The predicted octanol–water partition coefficient (Wildman–Crippen LogP) is 5.81. The molecule has 14 heteroatoms. The van der Waals surface area contributed by atoms with Crippen LogP contribution in [-0.4, -0.2) is 61.6 Å². The van der Waals surface area contributed by atoms with Gasteiger partial charge in [0.05, 0.1) is 53.5 Å². The third-order valence-corrected chi connectivity index (χ3v) is 6.31. The molecule has 13 nitrogen and oxygen atoms in total. The monoisotopic (exact) mass is 577 g/mol. The predicted molar refractivity (Wildman–Crippen MR) is 152 cm³/mol. The molecule has 1 aromatic heterocycles. The first-order chi connectivity index (χ1) is 18.8. The Bertz CT molecular complexity index is 1260. The number of hydrogen-bond donors (Lipinski definition) is 1. The van der Waals surface area contributed by atoms with Gasteiger partial charge in [0.25, 0.3) is 0 Å². The lowest BCUT2D eigenvalue weighted by Crippen LogP contribution is -2.31. The average molecular weight is 578 g/mol. The zero-order chi connectivity index (χ0) is 30.0. The summed E-state index contributed by atoms with van der Waals surface area (Å²) in [5, 5.41) is 22.3. The van der Waals surface area contributed by atoms with Crippen molar-refractivity contribution in [2.75, 3.05) is 37.0 Å². The molecule has 1 aromatic carbocycles. The van der Waals surface area contributed by atoms with E-state index in [0.29, 0.717) is 24.6 Å². The van der Waals surface area contributed by atoms with Crippen LogP contribution in [0.15, 0.2) is 28.4 Å². The molecular formula is C26H35N5O8S. The van der Waals surface area contributed by atoms with Gasteiger partial charge >= 0.3 is 11.7 Å². The van der Waals surface area contributed by atoms with Crippen LogP contribution in [0.4, 0.5) is 27.8 Å². The molecule has 0 unspecified atom stereocenters. The van der Waals surface area contributed by atoms with Gasteiger partial charge in [0, 0.05) is 32.1 Å². The van der Waals surface area contributed by atoms with Crippen LogP contribution in [0.5, 0.6) is 5.75 Å². The number of nitro groups is 1. The highest BCUT2D eigenvalue weighted by atomic mass is 32.1. The summed E-state index contributed by atoms with van der Waals surface area (Å²) in [4.78, 5) is 48.9. The van der Waals surface area contributed by atoms with Gasteiger partial charge in [-0.2, -0.15) is 0 Å². The average Bonchev–Trinajstić information content (AvgIpc) is 3.29. The Hall–Kier alpha value is -3.91. The van der Waals surface area contributed by atoms with Crippen molar-refractivity contribution in [3.8, 4) is 5.75 Å². The van der Waals surface area contributed by atoms with Gasteiger partial charge in [0.15, 0.2) is 5.78 Å².